The van der Waals surface area contributed by atoms with E-state index in [0.29, 0.717) is 21.8 Å². The minimum absolute atomic E-state index is 0.0957. The van der Waals surface area contributed by atoms with E-state index in [2.05, 4.69) is 15.5 Å². The second-order valence-electron chi connectivity index (χ2n) is 6.27. The molecular formula is C20H21ClN4O2S. The number of thioether (sulfide) groups is 1. The number of aromatic nitrogens is 3. The van der Waals surface area contributed by atoms with Crippen LogP contribution in [0, 0.1) is 6.92 Å². The van der Waals surface area contributed by atoms with E-state index >= 15 is 0 Å². The van der Waals surface area contributed by atoms with Crippen LogP contribution in [0.15, 0.2) is 53.7 Å². The third kappa shape index (κ3) is 5.05. The van der Waals surface area contributed by atoms with Gasteiger partial charge in [-0.2, -0.15) is 0 Å². The summed E-state index contributed by atoms with van der Waals surface area (Å²) in [5.41, 5.74) is 1.72. The van der Waals surface area contributed by atoms with E-state index in [4.69, 9.17) is 16.3 Å². The number of anilines is 1. The predicted molar refractivity (Wildman–Crippen MR) is 112 cm³/mol. The summed E-state index contributed by atoms with van der Waals surface area (Å²) < 4.78 is 7.81. The highest BCUT2D eigenvalue weighted by atomic mass is 35.5. The number of halogens is 1. The van der Waals surface area contributed by atoms with Crippen LogP contribution in [0.5, 0.6) is 5.75 Å². The maximum absolute atomic E-state index is 12.1. The van der Waals surface area contributed by atoms with Crippen molar-refractivity contribution in [3.63, 3.8) is 0 Å². The Labute approximate surface area is 173 Å². The number of carbonyl (C=O) groups is 1. The van der Waals surface area contributed by atoms with Gasteiger partial charge in [0.05, 0.1) is 5.75 Å². The number of para-hydroxylation sites is 1. The van der Waals surface area contributed by atoms with E-state index in [9.17, 15) is 4.79 Å². The molecule has 1 aromatic heterocycles. The maximum atomic E-state index is 12.1. The van der Waals surface area contributed by atoms with Crippen LogP contribution in [0.1, 0.15) is 24.4 Å². The number of amides is 1. The van der Waals surface area contributed by atoms with Gasteiger partial charge >= 0.3 is 0 Å². The molecule has 0 spiro atoms. The lowest BCUT2D eigenvalue weighted by molar-refractivity contribution is -0.113. The Bertz CT molecular complexity index is 962. The summed E-state index contributed by atoms with van der Waals surface area (Å²) >= 11 is 7.38. The molecule has 146 valence electrons. The van der Waals surface area contributed by atoms with Gasteiger partial charge in [0.25, 0.3) is 0 Å². The number of hydrogen-bond donors (Lipinski definition) is 1. The lowest BCUT2D eigenvalue weighted by atomic mass is 10.2. The first-order chi connectivity index (χ1) is 13.4. The smallest absolute Gasteiger partial charge is 0.234 e. The van der Waals surface area contributed by atoms with E-state index in [0.717, 1.165) is 11.3 Å². The molecule has 0 aliphatic rings. The molecule has 2 aromatic carbocycles. The molecule has 3 rings (SSSR count). The molecule has 6 nitrogen and oxygen atoms in total. The van der Waals surface area contributed by atoms with Crippen LogP contribution in [0.4, 0.5) is 5.69 Å². The van der Waals surface area contributed by atoms with Crippen molar-refractivity contribution in [2.45, 2.75) is 25.1 Å². The minimum Gasteiger partial charge on any atom is -0.483 e. The average Bonchev–Trinajstić information content (AvgIpc) is 3.04. The van der Waals surface area contributed by atoms with Gasteiger partial charge < -0.3 is 14.6 Å². The summed E-state index contributed by atoms with van der Waals surface area (Å²) in [6.07, 6.45) is -0.300. The predicted octanol–water partition coefficient (Wildman–Crippen LogP) is 4.65. The highest BCUT2D eigenvalue weighted by Crippen LogP contribution is 2.26. The second kappa shape index (κ2) is 9.12. The first-order valence-corrected chi connectivity index (χ1v) is 10.1. The maximum Gasteiger partial charge on any atom is 0.234 e. The second-order valence-corrected chi connectivity index (χ2v) is 7.62. The molecule has 0 saturated carbocycles. The van der Waals surface area contributed by atoms with Crippen LogP contribution >= 0.6 is 23.4 Å². The van der Waals surface area contributed by atoms with Crippen molar-refractivity contribution in [3.05, 3.63) is 64.9 Å². The van der Waals surface area contributed by atoms with Gasteiger partial charge in [-0.05, 0) is 49.7 Å². The Morgan fingerprint density at radius 3 is 2.71 bits per heavy atom. The van der Waals surface area contributed by atoms with Crippen molar-refractivity contribution in [3.8, 4) is 5.75 Å². The number of hydrogen-bond acceptors (Lipinski definition) is 5. The van der Waals surface area contributed by atoms with Crippen LogP contribution in [-0.2, 0) is 11.8 Å². The molecule has 0 fully saturated rings. The number of nitrogens with zero attached hydrogens (tertiary/aromatic N) is 3. The van der Waals surface area contributed by atoms with Crippen molar-refractivity contribution in [2.24, 2.45) is 7.05 Å². The molecule has 28 heavy (non-hydrogen) atoms. The standard InChI is InChI=1S/C20H21ClN4O2S/c1-13-11-16(9-10-17(13)21)27-14(2)19-23-24-20(25(19)3)28-12-18(26)22-15-7-5-4-6-8-15/h4-11,14H,12H2,1-3H3,(H,22,26). The highest BCUT2D eigenvalue weighted by Gasteiger charge is 2.18. The normalized spacial score (nSPS) is 11.9. The van der Waals surface area contributed by atoms with Gasteiger partial charge in [-0.25, -0.2) is 0 Å². The Morgan fingerprint density at radius 2 is 2.00 bits per heavy atom. The number of rotatable bonds is 7. The lowest BCUT2D eigenvalue weighted by Crippen LogP contribution is -2.14. The van der Waals surface area contributed by atoms with Gasteiger partial charge in [0.1, 0.15) is 5.75 Å². The topological polar surface area (TPSA) is 69.0 Å². The fraction of sp³-hybridized carbons (Fsp3) is 0.250. The van der Waals surface area contributed by atoms with E-state index in [-0.39, 0.29) is 17.8 Å². The molecule has 1 atom stereocenters. The van der Waals surface area contributed by atoms with E-state index in [1.54, 1.807) is 0 Å². The van der Waals surface area contributed by atoms with Crippen LogP contribution in [0.3, 0.4) is 0 Å². The zero-order chi connectivity index (χ0) is 20.1. The van der Waals surface area contributed by atoms with Crippen LogP contribution in [0.2, 0.25) is 5.02 Å². The summed E-state index contributed by atoms with van der Waals surface area (Å²) in [5.74, 6) is 1.54. The monoisotopic (exact) mass is 416 g/mol. The van der Waals surface area contributed by atoms with E-state index in [1.807, 2.05) is 74.0 Å². The highest BCUT2D eigenvalue weighted by molar-refractivity contribution is 7.99. The Hall–Kier alpha value is -2.51. The van der Waals surface area contributed by atoms with Crippen molar-refractivity contribution >= 4 is 35.0 Å². The molecule has 1 amide bonds. The fourth-order valence-corrected chi connectivity index (χ4v) is 3.44. The largest absolute Gasteiger partial charge is 0.483 e. The minimum atomic E-state index is -0.300. The van der Waals surface area contributed by atoms with Gasteiger partial charge in [-0.3, -0.25) is 4.79 Å². The number of nitrogens with one attached hydrogen (secondary N) is 1. The van der Waals surface area contributed by atoms with E-state index < -0.39 is 0 Å². The summed E-state index contributed by atoms with van der Waals surface area (Å²) in [6, 6.07) is 14.9. The zero-order valence-electron chi connectivity index (χ0n) is 15.8. The third-order valence-corrected chi connectivity index (χ3v) is 5.51. The number of aryl methyl sites for hydroxylation is 1. The summed E-state index contributed by atoms with van der Waals surface area (Å²) in [6.45, 7) is 3.84. The van der Waals surface area contributed by atoms with Crippen LogP contribution in [0.25, 0.3) is 0 Å². The van der Waals surface area contributed by atoms with Crippen LogP contribution in [-0.4, -0.2) is 26.4 Å². The zero-order valence-corrected chi connectivity index (χ0v) is 17.4. The first kappa shape index (κ1) is 20.2. The Kier molecular flexibility index (Phi) is 6.59. The van der Waals surface area contributed by atoms with Gasteiger partial charge in [0.15, 0.2) is 17.1 Å². The molecule has 0 saturated heterocycles. The van der Waals surface area contributed by atoms with Crippen molar-refractivity contribution < 1.29 is 9.53 Å². The average molecular weight is 417 g/mol. The van der Waals surface area contributed by atoms with Crippen molar-refractivity contribution in [1.82, 2.24) is 14.8 Å². The molecule has 0 aliphatic heterocycles. The summed E-state index contributed by atoms with van der Waals surface area (Å²) in [7, 11) is 1.86. The Balaban J connectivity index is 1.59. The fourth-order valence-electron chi connectivity index (χ4n) is 2.60. The van der Waals surface area contributed by atoms with Crippen molar-refractivity contribution in [2.75, 3.05) is 11.1 Å². The van der Waals surface area contributed by atoms with Crippen molar-refractivity contribution in [1.29, 1.82) is 0 Å². The van der Waals surface area contributed by atoms with Gasteiger partial charge in [-0.1, -0.05) is 41.6 Å². The molecule has 0 bridgehead atoms. The lowest BCUT2D eigenvalue weighted by Gasteiger charge is -2.15. The molecule has 0 aliphatic carbocycles. The Morgan fingerprint density at radius 1 is 1.25 bits per heavy atom. The van der Waals surface area contributed by atoms with Crippen LogP contribution < -0.4 is 10.1 Å². The molecule has 1 N–H and O–H groups in total. The summed E-state index contributed by atoms with van der Waals surface area (Å²) in [4.78, 5) is 12.1. The summed E-state index contributed by atoms with van der Waals surface area (Å²) in [5, 5.41) is 12.6. The number of carbonyl (C=O) groups excluding carboxylic acids is 1. The quantitative estimate of drug-likeness (QED) is 0.568. The van der Waals surface area contributed by atoms with Gasteiger partial charge in [-0.15, -0.1) is 10.2 Å². The molecule has 8 heteroatoms. The SMILES string of the molecule is Cc1cc(OC(C)c2nnc(SCC(=O)Nc3ccccc3)n2C)ccc1Cl. The van der Waals surface area contributed by atoms with E-state index in [1.165, 1.54) is 11.8 Å². The molecular weight excluding hydrogens is 396 g/mol. The van der Waals surface area contributed by atoms with Gasteiger partial charge in [0.2, 0.25) is 5.91 Å². The third-order valence-electron chi connectivity index (χ3n) is 4.06. The molecule has 0 radical (unpaired) electrons. The molecule has 1 heterocycles. The first-order valence-electron chi connectivity index (χ1n) is 8.74. The molecule has 3 aromatic rings. The number of ether oxygens (including phenoxy) is 1. The molecule has 1 unspecified atom stereocenters. The van der Waals surface area contributed by atoms with Gasteiger partial charge in [0, 0.05) is 17.8 Å². The number of benzene rings is 2.